The van der Waals surface area contributed by atoms with Crippen molar-refractivity contribution in [1.82, 2.24) is 4.57 Å². The van der Waals surface area contributed by atoms with E-state index in [1.807, 2.05) is 0 Å². The monoisotopic (exact) mass is 966 g/mol. The number of fused-ring (bicyclic) bond motifs is 9. The highest BCUT2D eigenvalue weighted by molar-refractivity contribution is 6.09. The first-order chi connectivity index (χ1) is 37.7. The normalized spacial score (nSPS) is 13.5. The molecule has 0 radical (unpaired) electrons. The van der Waals surface area contributed by atoms with Gasteiger partial charge in [-0.1, -0.05) is 243 Å². The van der Waals surface area contributed by atoms with Gasteiger partial charge in [0.1, 0.15) is 0 Å². The van der Waals surface area contributed by atoms with E-state index in [1.54, 1.807) is 0 Å². The third kappa shape index (κ3) is 6.41. The Hall–Kier alpha value is -9.76. The van der Waals surface area contributed by atoms with Gasteiger partial charge in [0, 0.05) is 33.5 Å². The average Bonchev–Trinajstić information content (AvgIpc) is 4.25. The molecule has 0 amide bonds. The summed E-state index contributed by atoms with van der Waals surface area (Å²) < 4.78 is 2.38. The second kappa shape index (κ2) is 17.4. The Balaban J connectivity index is 0.893. The molecular weight excluding hydrogens is 917 g/mol. The lowest BCUT2D eigenvalue weighted by molar-refractivity contribution is 0.768. The van der Waals surface area contributed by atoms with Crippen LogP contribution in [0.2, 0.25) is 0 Å². The number of para-hydroxylation sites is 2. The summed E-state index contributed by atoms with van der Waals surface area (Å²) in [5, 5.41) is 2.53. The summed E-state index contributed by atoms with van der Waals surface area (Å²) in [6, 6.07) is 112. The number of hydrogen-bond donors (Lipinski definition) is 0. The van der Waals surface area contributed by atoms with Crippen molar-refractivity contribution in [3.63, 3.8) is 0 Å². The molecule has 0 saturated carbocycles. The van der Waals surface area contributed by atoms with Gasteiger partial charge < -0.3 is 9.47 Å². The van der Waals surface area contributed by atoms with Crippen molar-refractivity contribution in [1.29, 1.82) is 0 Å². The molecule has 0 bridgehead atoms. The molecule has 13 aromatic rings. The Labute approximate surface area is 443 Å². The number of aromatic nitrogens is 1. The van der Waals surface area contributed by atoms with E-state index in [1.165, 1.54) is 94.1 Å². The zero-order valence-electron chi connectivity index (χ0n) is 41.8. The second-order valence-electron chi connectivity index (χ2n) is 20.3. The Kier molecular flexibility index (Phi) is 10.0. The van der Waals surface area contributed by atoms with E-state index >= 15 is 0 Å². The molecule has 1 heterocycles. The van der Waals surface area contributed by atoms with E-state index in [4.69, 9.17) is 0 Å². The summed E-state index contributed by atoms with van der Waals surface area (Å²) in [5.74, 6) is 0. The summed E-state index contributed by atoms with van der Waals surface area (Å²) in [4.78, 5) is 2.45. The molecule has 2 heteroatoms. The molecule has 15 rings (SSSR count). The molecule has 0 N–H and O–H groups in total. The van der Waals surface area contributed by atoms with Crippen molar-refractivity contribution < 1.29 is 0 Å². The fraction of sp³-hybridized carbons (Fsp3) is 0.0270. The lowest BCUT2D eigenvalue weighted by atomic mass is 9.67. The highest BCUT2D eigenvalue weighted by Gasteiger charge is 2.47. The van der Waals surface area contributed by atoms with Crippen LogP contribution in [0.3, 0.4) is 0 Å². The Morgan fingerprint density at radius 2 is 0.592 bits per heavy atom. The smallest absolute Gasteiger partial charge is 0.0714 e. The third-order valence-electron chi connectivity index (χ3n) is 16.6. The summed E-state index contributed by atoms with van der Waals surface area (Å²) in [7, 11) is 0. The van der Waals surface area contributed by atoms with Crippen molar-refractivity contribution in [2.75, 3.05) is 4.90 Å². The van der Waals surface area contributed by atoms with Crippen molar-refractivity contribution in [2.45, 2.75) is 10.8 Å². The first-order valence-corrected chi connectivity index (χ1v) is 26.4. The van der Waals surface area contributed by atoms with Crippen molar-refractivity contribution in [3.8, 4) is 39.1 Å². The number of rotatable bonds is 9. The molecular formula is C74H50N2. The highest BCUT2D eigenvalue weighted by atomic mass is 15.1. The summed E-state index contributed by atoms with van der Waals surface area (Å²) >= 11 is 0. The third-order valence-corrected chi connectivity index (χ3v) is 16.6. The molecule has 0 fully saturated rings. The summed E-state index contributed by atoms with van der Waals surface area (Å²) in [6.07, 6.45) is 0. The van der Waals surface area contributed by atoms with Crippen LogP contribution in [0.1, 0.15) is 44.5 Å². The largest absolute Gasteiger partial charge is 0.310 e. The van der Waals surface area contributed by atoms with Gasteiger partial charge in [-0.25, -0.2) is 0 Å². The van der Waals surface area contributed by atoms with Gasteiger partial charge >= 0.3 is 0 Å². The average molecular weight is 967 g/mol. The quantitative estimate of drug-likeness (QED) is 0.140. The zero-order valence-corrected chi connectivity index (χ0v) is 41.8. The predicted molar refractivity (Wildman–Crippen MR) is 316 cm³/mol. The second-order valence-corrected chi connectivity index (χ2v) is 20.3. The SMILES string of the molecule is c1ccc(C2(c3ccc(N(c4ccc(-c5ccc(-n6c7ccccc7c7ccccc76)cc5)cc4)c4ccc5c(c4)C(c4ccccc4)(c4ccccc4)c4ccccc4-5)cc3)c3ccccc3-c3ccccc32)cc1. The van der Waals surface area contributed by atoms with Crippen molar-refractivity contribution in [3.05, 3.63) is 348 Å². The predicted octanol–water partition coefficient (Wildman–Crippen LogP) is 18.6. The number of nitrogens with zero attached hydrogens (tertiary/aromatic N) is 2. The van der Waals surface area contributed by atoms with E-state index in [0.717, 1.165) is 28.3 Å². The van der Waals surface area contributed by atoms with Gasteiger partial charge in [-0.05, 0) is 139 Å². The standard InChI is InChI=1S/C74H50N2/c1-4-20-53(21-5-1)73(67-31-15-10-26-61(67)62-27-11-16-32-68(62)73)56-40-46-58(47-41-56)75(57-42-36-51(37-43-57)52-38-44-59(45-39-52)76-71-34-18-13-29-65(71)66-30-14-19-35-72(66)76)60-48-49-64-63-28-12-17-33-69(63)74(70(64)50-60,54-22-6-2-7-23-54)55-24-8-3-9-25-55/h1-50H. The fourth-order valence-electron chi connectivity index (χ4n) is 13.4. The van der Waals surface area contributed by atoms with Gasteiger partial charge in [0.2, 0.25) is 0 Å². The van der Waals surface area contributed by atoms with Crippen LogP contribution in [-0.2, 0) is 10.8 Å². The van der Waals surface area contributed by atoms with Gasteiger partial charge in [-0.15, -0.1) is 0 Å². The van der Waals surface area contributed by atoms with Gasteiger partial charge in [0.05, 0.1) is 21.9 Å². The Morgan fingerprint density at radius 1 is 0.250 bits per heavy atom. The molecule has 0 aliphatic heterocycles. The maximum absolute atomic E-state index is 2.47. The minimum Gasteiger partial charge on any atom is -0.310 e. The number of benzene rings is 12. The van der Waals surface area contributed by atoms with Crippen LogP contribution in [0.15, 0.2) is 303 Å². The van der Waals surface area contributed by atoms with Crippen molar-refractivity contribution >= 4 is 38.9 Å². The van der Waals surface area contributed by atoms with Gasteiger partial charge in [-0.3, -0.25) is 0 Å². The van der Waals surface area contributed by atoms with Crippen LogP contribution >= 0.6 is 0 Å². The summed E-state index contributed by atoms with van der Waals surface area (Å²) in [6.45, 7) is 0. The van der Waals surface area contributed by atoms with Crippen molar-refractivity contribution in [2.24, 2.45) is 0 Å². The maximum Gasteiger partial charge on any atom is 0.0714 e. The number of hydrogen-bond acceptors (Lipinski definition) is 1. The maximum atomic E-state index is 2.47. The topological polar surface area (TPSA) is 8.17 Å². The van der Waals surface area contributed by atoms with E-state index in [9.17, 15) is 0 Å². The first-order valence-electron chi connectivity index (χ1n) is 26.4. The van der Waals surface area contributed by atoms with E-state index < -0.39 is 10.8 Å². The Bertz CT molecular complexity index is 4170. The van der Waals surface area contributed by atoms with Gasteiger partial charge in [-0.2, -0.15) is 0 Å². The molecule has 0 saturated heterocycles. The van der Waals surface area contributed by atoms with E-state index in [0.29, 0.717) is 0 Å². The highest BCUT2D eigenvalue weighted by Crippen LogP contribution is 2.59. The van der Waals surface area contributed by atoms with Gasteiger partial charge in [0.25, 0.3) is 0 Å². The molecule has 2 nitrogen and oxygen atoms in total. The van der Waals surface area contributed by atoms with Crippen LogP contribution in [0.25, 0.3) is 60.9 Å². The Morgan fingerprint density at radius 3 is 1.07 bits per heavy atom. The minimum absolute atomic E-state index is 0.499. The lowest BCUT2D eigenvalue weighted by Crippen LogP contribution is -2.29. The van der Waals surface area contributed by atoms with Crippen LogP contribution in [0.4, 0.5) is 17.1 Å². The molecule has 2 aliphatic carbocycles. The lowest BCUT2D eigenvalue weighted by Gasteiger charge is -2.35. The zero-order chi connectivity index (χ0) is 50.2. The molecule has 2 aliphatic rings. The molecule has 0 spiro atoms. The van der Waals surface area contributed by atoms with Gasteiger partial charge in [0.15, 0.2) is 0 Å². The van der Waals surface area contributed by atoms with Crippen LogP contribution in [-0.4, -0.2) is 4.57 Å². The molecule has 1 aromatic heterocycles. The fourth-order valence-corrected chi connectivity index (χ4v) is 13.4. The van der Waals surface area contributed by atoms with Crippen LogP contribution in [0.5, 0.6) is 0 Å². The first kappa shape index (κ1) is 43.8. The minimum atomic E-state index is -0.541. The summed E-state index contributed by atoms with van der Waals surface area (Å²) in [5.41, 5.74) is 23.4. The van der Waals surface area contributed by atoms with Crippen LogP contribution < -0.4 is 4.90 Å². The molecule has 356 valence electrons. The van der Waals surface area contributed by atoms with E-state index in [2.05, 4.69) is 313 Å². The molecule has 0 unspecified atom stereocenters. The van der Waals surface area contributed by atoms with E-state index in [-0.39, 0.29) is 0 Å². The molecule has 76 heavy (non-hydrogen) atoms. The molecule has 12 aromatic carbocycles. The number of anilines is 3. The van der Waals surface area contributed by atoms with Crippen LogP contribution in [0, 0.1) is 0 Å². The molecule has 0 atom stereocenters.